The number of likely N-dealkylation sites (N-methyl/N-ethyl adjacent to an activating group) is 1. The highest BCUT2D eigenvalue weighted by molar-refractivity contribution is 6.31. The fourth-order valence-corrected chi connectivity index (χ4v) is 6.16. The van der Waals surface area contributed by atoms with Crippen molar-refractivity contribution in [3.63, 3.8) is 0 Å². The fraction of sp³-hybridized carbons (Fsp3) is 0.424. The van der Waals surface area contributed by atoms with Gasteiger partial charge in [0.15, 0.2) is 5.82 Å². The minimum Gasteiger partial charge on any atom is -0.386 e. The second-order valence-electron chi connectivity index (χ2n) is 11.8. The number of piperidine rings is 1. The number of rotatable bonds is 12. The summed E-state index contributed by atoms with van der Waals surface area (Å²) in [5, 5.41) is 7.53. The zero-order valence-corrected chi connectivity index (χ0v) is 26.1. The molecule has 1 fully saturated rings. The first-order valence-electron chi connectivity index (χ1n) is 15.4. The maximum absolute atomic E-state index is 15.1. The third-order valence-corrected chi connectivity index (χ3v) is 8.49. The molecule has 234 valence electrons. The summed E-state index contributed by atoms with van der Waals surface area (Å²) in [5.41, 5.74) is 15.4. The smallest absolute Gasteiger partial charge is 0.354 e. The number of aromatic nitrogens is 3. The maximum Gasteiger partial charge on any atom is 0.354 e. The SMILES string of the molecule is CNCC(N)=NCC[C@@H]1CCC[C@@H](c2ccc(-n3cc4cc(-c5cc(CCC[C@H](C)N)cc(Cl)c5F)[nH]c4nc3=O)cc2)N1. The van der Waals surface area contributed by atoms with E-state index in [1.807, 2.05) is 26.1 Å². The van der Waals surface area contributed by atoms with Crippen LogP contribution in [-0.4, -0.2) is 52.6 Å². The minimum atomic E-state index is -0.510. The van der Waals surface area contributed by atoms with Crippen LogP contribution in [0.15, 0.2) is 58.4 Å². The van der Waals surface area contributed by atoms with Gasteiger partial charge < -0.3 is 27.1 Å². The number of nitrogens with zero attached hydrogens (tertiary/aromatic N) is 3. The third kappa shape index (κ3) is 7.74. The van der Waals surface area contributed by atoms with Crippen LogP contribution < -0.4 is 27.8 Å². The first kappa shape index (κ1) is 31.8. The Bertz CT molecular complexity index is 1660. The molecule has 1 saturated heterocycles. The number of benzene rings is 2. The number of H-pyrrole nitrogens is 1. The zero-order valence-electron chi connectivity index (χ0n) is 25.4. The number of aliphatic imine (C=N–C) groups is 1. The van der Waals surface area contributed by atoms with Crippen LogP contribution in [0.3, 0.4) is 0 Å². The summed E-state index contributed by atoms with van der Waals surface area (Å²) in [6, 6.07) is 14.0. The van der Waals surface area contributed by atoms with E-state index in [2.05, 4.69) is 37.7 Å². The van der Waals surface area contributed by atoms with Crippen molar-refractivity contribution in [1.82, 2.24) is 25.2 Å². The number of nitrogens with two attached hydrogens (primary N) is 2. The van der Waals surface area contributed by atoms with Crippen LogP contribution in [0, 0.1) is 5.82 Å². The minimum absolute atomic E-state index is 0.0612. The number of hydrogen-bond donors (Lipinski definition) is 5. The van der Waals surface area contributed by atoms with Crippen LogP contribution >= 0.6 is 11.6 Å². The molecule has 3 heterocycles. The van der Waals surface area contributed by atoms with Gasteiger partial charge in [0, 0.05) is 41.8 Å². The number of hydrogen-bond acceptors (Lipinski definition) is 6. The molecule has 0 bridgehead atoms. The van der Waals surface area contributed by atoms with E-state index in [4.69, 9.17) is 23.1 Å². The van der Waals surface area contributed by atoms with Crippen molar-refractivity contribution in [2.24, 2.45) is 16.5 Å². The van der Waals surface area contributed by atoms with Crippen LogP contribution in [0.2, 0.25) is 5.02 Å². The van der Waals surface area contributed by atoms with Crippen LogP contribution in [0.1, 0.15) is 62.6 Å². The standard InChI is InChI=1S/C33H42ClFN8O/c1-20(36)5-3-6-21-15-26(31(35)27(34)16-21)29-17-23-19-43(33(44)42-32(23)41-29)25-11-9-22(10-12-25)28-8-4-7-24(40-28)13-14-39-30(37)18-38-2/h9-12,15-17,19-20,24,28,38,40H,3-8,13-14,18,36H2,1-2H3,(H2,37,39)(H,41,42,44)/t20-,24-,28-/m0/s1. The summed E-state index contributed by atoms with van der Waals surface area (Å²) in [6.45, 7) is 3.27. The van der Waals surface area contributed by atoms with Crippen molar-refractivity contribution in [2.45, 2.75) is 70.0 Å². The highest BCUT2D eigenvalue weighted by Gasteiger charge is 2.22. The Morgan fingerprint density at radius 1 is 1.25 bits per heavy atom. The lowest BCUT2D eigenvalue weighted by molar-refractivity contribution is 0.315. The summed E-state index contributed by atoms with van der Waals surface area (Å²) >= 11 is 6.26. The van der Waals surface area contributed by atoms with Crippen molar-refractivity contribution in [2.75, 3.05) is 20.1 Å². The van der Waals surface area contributed by atoms with Crippen molar-refractivity contribution in [3.8, 4) is 16.9 Å². The predicted octanol–water partition coefficient (Wildman–Crippen LogP) is 4.99. The summed E-state index contributed by atoms with van der Waals surface area (Å²) in [7, 11) is 1.86. The first-order valence-corrected chi connectivity index (χ1v) is 15.8. The van der Waals surface area contributed by atoms with E-state index < -0.39 is 11.5 Å². The lowest BCUT2D eigenvalue weighted by atomic mass is 9.92. The van der Waals surface area contributed by atoms with Crippen LogP contribution in [-0.2, 0) is 6.42 Å². The predicted molar refractivity (Wildman–Crippen MR) is 177 cm³/mol. The molecular formula is C33H42ClFN8O. The van der Waals surface area contributed by atoms with Gasteiger partial charge in [0.25, 0.3) is 0 Å². The number of halogens is 2. The molecule has 0 unspecified atom stereocenters. The number of aryl methyl sites for hydroxylation is 1. The van der Waals surface area contributed by atoms with Crippen LogP contribution in [0.25, 0.3) is 28.0 Å². The molecule has 44 heavy (non-hydrogen) atoms. The van der Waals surface area contributed by atoms with Crippen LogP contribution in [0.4, 0.5) is 4.39 Å². The molecule has 7 N–H and O–H groups in total. The average molecular weight is 621 g/mol. The summed E-state index contributed by atoms with van der Waals surface area (Å²) in [4.78, 5) is 24.9. The Kier molecular flexibility index (Phi) is 10.5. The second-order valence-corrected chi connectivity index (χ2v) is 12.2. The van der Waals surface area contributed by atoms with Gasteiger partial charge in [0.2, 0.25) is 0 Å². The number of aromatic amines is 1. The lowest BCUT2D eigenvalue weighted by Crippen LogP contribution is -2.37. The van der Waals surface area contributed by atoms with Gasteiger partial charge in [-0.1, -0.05) is 30.2 Å². The van der Waals surface area contributed by atoms with Gasteiger partial charge in [0.1, 0.15) is 11.5 Å². The van der Waals surface area contributed by atoms with Crippen LogP contribution in [0.5, 0.6) is 0 Å². The van der Waals surface area contributed by atoms with Gasteiger partial charge in [-0.15, -0.1) is 0 Å². The topological polar surface area (TPSA) is 139 Å². The molecular weight excluding hydrogens is 579 g/mol. The van der Waals surface area contributed by atoms with E-state index in [1.54, 1.807) is 24.4 Å². The highest BCUT2D eigenvalue weighted by Crippen LogP contribution is 2.32. The molecule has 4 aromatic rings. The number of nitrogens with one attached hydrogen (secondary N) is 3. The number of fused-ring (bicyclic) bond motifs is 1. The van der Waals surface area contributed by atoms with E-state index in [0.29, 0.717) is 52.9 Å². The quantitative estimate of drug-likeness (QED) is 0.112. The Hall–Kier alpha value is -3.57. The molecule has 0 saturated carbocycles. The Morgan fingerprint density at radius 3 is 2.80 bits per heavy atom. The Balaban J connectivity index is 1.32. The lowest BCUT2D eigenvalue weighted by Gasteiger charge is -2.31. The molecule has 1 aliphatic heterocycles. The summed E-state index contributed by atoms with van der Waals surface area (Å²) in [5.74, 6) is 0.118. The van der Waals surface area contributed by atoms with Gasteiger partial charge >= 0.3 is 5.69 Å². The molecule has 1 aliphatic rings. The van der Waals surface area contributed by atoms with Crippen molar-refractivity contribution < 1.29 is 4.39 Å². The van der Waals surface area contributed by atoms with Crippen molar-refractivity contribution in [3.05, 3.63) is 81.1 Å². The van der Waals surface area contributed by atoms with Gasteiger partial charge in [-0.2, -0.15) is 4.98 Å². The van der Waals surface area contributed by atoms with E-state index in [1.165, 1.54) is 10.1 Å². The summed E-state index contributed by atoms with van der Waals surface area (Å²) in [6.07, 6.45) is 8.47. The van der Waals surface area contributed by atoms with Crippen molar-refractivity contribution in [1.29, 1.82) is 0 Å². The molecule has 3 atom stereocenters. The second kappa shape index (κ2) is 14.5. The summed E-state index contributed by atoms with van der Waals surface area (Å²) < 4.78 is 16.6. The number of amidine groups is 1. The van der Waals surface area contributed by atoms with Gasteiger partial charge in [0.05, 0.1) is 22.9 Å². The van der Waals surface area contributed by atoms with Crippen molar-refractivity contribution >= 4 is 28.5 Å². The Morgan fingerprint density at radius 2 is 2.05 bits per heavy atom. The van der Waals surface area contributed by atoms with E-state index in [0.717, 1.165) is 50.5 Å². The monoisotopic (exact) mass is 620 g/mol. The Labute approximate surface area is 262 Å². The van der Waals surface area contributed by atoms with Gasteiger partial charge in [-0.05, 0) is 94.0 Å². The third-order valence-electron chi connectivity index (χ3n) is 8.22. The van der Waals surface area contributed by atoms with Gasteiger partial charge in [-0.25, -0.2) is 9.18 Å². The largest absolute Gasteiger partial charge is 0.386 e. The molecule has 0 spiro atoms. The molecule has 2 aromatic heterocycles. The molecule has 5 rings (SSSR count). The van der Waals surface area contributed by atoms with E-state index >= 15 is 4.39 Å². The molecule has 0 amide bonds. The average Bonchev–Trinajstić information content (AvgIpc) is 3.41. The molecule has 11 heteroatoms. The molecule has 0 aliphatic carbocycles. The normalized spacial score (nSPS) is 18.2. The molecule has 0 radical (unpaired) electrons. The molecule has 9 nitrogen and oxygen atoms in total. The fourth-order valence-electron chi connectivity index (χ4n) is 5.92. The molecule has 2 aromatic carbocycles. The van der Waals surface area contributed by atoms with Gasteiger partial charge in [-0.3, -0.25) is 9.56 Å². The maximum atomic E-state index is 15.1. The zero-order chi connectivity index (χ0) is 31.2. The first-order chi connectivity index (χ1) is 21.2. The highest BCUT2D eigenvalue weighted by atomic mass is 35.5. The van der Waals surface area contributed by atoms with E-state index in [-0.39, 0.29) is 17.1 Å². The van der Waals surface area contributed by atoms with E-state index in [9.17, 15) is 4.79 Å².